The third-order valence-corrected chi connectivity index (χ3v) is 3.86. The van der Waals surface area contributed by atoms with E-state index in [0.717, 1.165) is 38.8 Å². The second-order valence-corrected chi connectivity index (χ2v) is 5.17. The second kappa shape index (κ2) is 8.20. The zero-order valence-electron chi connectivity index (χ0n) is 10.8. The van der Waals surface area contributed by atoms with E-state index in [1.165, 1.54) is 25.9 Å². The lowest BCUT2D eigenvalue weighted by Crippen LogP contribution is -2.53. The molecule has 0 spiro atoms. The van der Waals surface area contributed by atoms with Crippen molar-refractivity contribution in [2.24, 2.45) is 5.73 Å². The highest BCUT2D eigenvalue weighted by Crippen LogP contribution is 2.27. The van der Waals surface area contributed by atoms with Gasteiger partial charge >= 0.3 is 0 Å². The number of hydrogen-bond donors (Lipinski definition) is 2. The molecule has 1 heterocycles. The smallest absolute Gasteiger partial charge is 0.240 e. The number of hydrogen-bond acceptors (Lipinski definition) is 3. The number of nitrogens with zero attached hydrogens (tertiary/aromatic N) is 1. The van der Waals surface area contributed by atoms with Crippen LogP contribution in [0.4, 0.5) is 0 Å². The summed E-state index contributed by atoms with van der Waals surface area (Å²) in [6, 6.07) is 0. The average Bonchev–Trinajstić information content (AvgIpc) is 2.90. The number of carbonyl (C=O) groups excluding carboxylic acids is 1. The van der Waals surface area contributed by atoms with Crippen molar-refractivity contribution in [1.82, 2.24) is 10.2 Å². The molecule has 0 aromatic rings. The zero-order valence-corrected chi connectivity index (χ0v) is 12.5. The molecule has 2 rings (SSSR count). The minimum absolute atomic E-state index is 0. The Morgan fingerprint density at radius 3 is 2.22 bits per heavy atom. The molecule has 0 aromatic carbocycles. The number of likely N-dealkylation sites (tertiary alicyclic amines) is 1. The van der Waals surface area contributed by atoms with E-state index >= 15 is 0 Å². The summed E-state index contributed by atoms with van der Waals surface area (Å²) in [5, 5.41) is 2.99. The first-order chi connectivity index (χ1) is 7.71. The second-order valence-electron chi connectivity index (χ2n) is 5.17. The molecule has 4 nitrogen and oxygen atoms in total. The summed E-state index contributed by atoms with van der Waals surface area (Å²) in [4.78, 5) is 14.3. The predicted molar refractivity (Wildman–Crippen MR) is 78.6 cm³/mol. The molecule has 18 heavy (non-hydrogen) atoms. The van der Waals surface area contributed by atoms with Crippen molar-refractivity contribution in [3.63, 3.8) is 0 Å². The lowest BCUT2D eigenvalue weighted by atomic mass is 9.98. The normalized spacial score (nSPS) is 22.1. The van der Waals surface area contributed by atoms with E-state index in [-0.39, 0.29) is 30.7 Å². The van der Waals surface area contributed by atoms with Gasteiger partial charge < -0.3 is 16.0 Å². The molecule has 2 fully saturated rings. The molecular formula is C12H25Cl2N3O. The van der Waals surface area contributed by atoms with Gasteiger partial charge in [-0.1, -0.05) is 12.8 Å². The Balaban J connectivity index is 0.00000144. The molecule has 1 saturated heterocycles. The minimum Gasteiger partial charge on any atom is -0.353 e. The van der Waals surface area contributed by atoms with Gasteiger partial charge in [-0.05, 0) is 38.8 Å². The van der Waals surface area contributed by atoms with Crippen molar-refractivity contribution in [3.05, 3.63) is 0 Å². The molecule has 0 bridgehead atoms. The molecule has 0 unspecified atom stereocenters. The largest absolute Gasteiger partial charge is 0.353 e. The van der Waals surface area contributed by atoms with Crippen molar-refractivity contribution >= 4 is 30.7 Å². The van der Waals surface area contributed by atoms with Gasteiger partial charge in [0.05, 0.1) is 5.54 Å². The first-order valence-corrected chi connectivity index (χ1v) is 6.50. The van der Waals surface area contributed by atoms with Crippen molar-refractivity contribution < 1.29 is 4.79 Å². The number of amides is 1. The van der Waals surface area contributed by atoms with E-state index < -0.39 is 5.54 Å². The number of rotatable bonds is 4. The van der Waals surface area contributed by atoms with Crippen LogP contribution in [0, 0.1) is 0 Å². The topological polar surface area (TPSA) is 58.4 Å². The van der Waals surface area contributed by atoms with Crippen LogP contribution in [0.25, 0.3) is 0 Å². The maximum absolute atomic E-state index is 11.9. The molecule has 0 radical (unpaired) electrons. The number of nitrogens with two attached hydrogens (primary N) is 1. The molecule has 1 amide bonds. The molecule has 3 N–H and O–H groups in total. The van der Waals surface area contributed by atoms with E-state index in [1.807, 2.05) is 0 Å². The third-order valence-electron chi connectivity index (χ3n) is 3.86. The molecular weight excluding hydrogens is 273 g/mol. The maximum Gasteiger partial charge on any atom is 0.240 e. The highest BCUT2D eigenvalue weighted by Gasteiger charge is 2.36. The Bertz CT molecular complexity index is 252. The number of halogens is 2. The zero-order chi connectivity index (χ0) is 11.4. The summed E-state index contributed by atoms with van der Waals surface area (Å²) < 4.78 is 0. The van der Waals surface area contributed by atoms with E-state index in [2.05, 4.69) is 10.2 Å². The van der Waals surface area contributed by atoms with Crippen LogP contribution in [0.5, 0.6) is 0 Å². The summed E-state index contributed by atoms with van der Waals surface area (Å²) in [7, 11) is 0. The predicted octanol–water partition coefficient (Wildman–Crippen LogP) is 1.31. The van der Waals surface area contributed by atoms with Crippen LogP contribution >= 0.6 is 24.8 Å². The Kier molecular flexibility index (Phi) is 8.19. The lowest BCUT2D eigenvalue weighted by Gasteiger charge is -2.23. The van der Waals surface area contributed by atoms with Gasteiger partial charge in [0, 0.05) is 13.1 Å². The Morgan fingerprint density at radius 1 is 1.11 bits per heavy atom. The molecule has 0 aromatic heterocycles. The highest BCUT2D eigenvalue weighted by molar-refractivity contribution is 5.86. The van der Waals surface area contributed by atoms with Crippen molar-refractivity contribution in [2.75, 3.05) is 26.2 Å². The van der Waals surface area contributed by atoms with Gasteiger partial charge in [0.1, 0.15) is 0 Å². The van der Waals surface area contributed by atoms with Crippen LogP contribution in [0.15, 0.2) is 0 Å². The molecule has 108 valence electrons. The van der Waals surface area contributed by atoms with Crippen molar-refractivity contribution in [3.8, 4) is 0 Å². The van der Waals surface area contributed by atoms with Crippen LogP contribution < -0.4 is 11.1 Å². The molecule has 6 heteroatoms. The van der Waals surface area contributed by atoms with Crippen LogP contribution in [-0.4, -0.2) is 42.5 Å². The fourth-order valence-electron chi connectivity index (χ4n) is 2.74. The van der Waals surface area contributed by atoms with Gasteiger partial charge in [-0.15, -0.1) is 24.8 Å². The number of carbonyl (C=O) groups is 1. The molecule has 1 saturated carbocycles. The molecule has 1 aliphatic carbocycles. The van der Waals surface area contributed by atoms with Crippen LogP contribution in [-0.2, 0) is 4.79 Å². The van der Waals surface area contributed by atoms with Crippen molar-refractivity contribution in [2.45, 2.75) is 44.1 Å². The van der Waals surface area contributed by atoms with Crippen LogP contribution in [0.1, 0.15) is 38.5 Å². The van der Waals surface area contributed by atoms with Crippen LogP contribution in [0.3, 0.4) is 0 Å². The Hall–Kier alpha value is -0.0300. The maximum atomic E-state index is 11.9. The summed E-state index contributed by atoms with van der Waals surface area (Å²) in [5.74, 6) is 0.0594. The fourth-order valence-corrected chi connectivity index (χ4v) is 2.74. The third kappa shape index (κ3) is 4.57. The van der Waals surface area contributed by atoms with E-state index in [4.69, 9.17) is 5.73 Å². The SMILES string of the molecule is Cl.Cl.NC1(C(=O)NCCN2CCCC2)CCCC1. The highest BCUT2D eigenvalue weighted by atomic mass is 35.5. The first-order valence-electron chi connectivity index (χ1n) is 6.50. The lowest BCUT2D eigenvalue weighted by molar-refractivity contribution is -0.126. The first kappa shape index (κ1) is 18.0. The minimum atomic E-state index is -0.564. The summed E-state index contributed by atoms with van der Waals surface area (Å²) in [6.07, 6.45) is 6.49. The summed E-state index contributed by atoms with van der Waals surface area (Å²) in [6.45, 7) is 4.09. The molecule has 2 aliphatic rings. The van der Waals surface area contributed by atoms with Gasteiger partial charge in [-0.2, -0.15) is 0 Å². The van der Waals surface area contributed by atoms with Crippen LogP contribution in [0.2, 0.25) is 0 Å². The van der Waals surface area contributed by atoms with Crippen molar-refractivity contribution in [1.29, 1.82) is 0 Å². The van der Waals surface area contributed by atoms with Gasteiger partial charge in [-0.3, -0.25) is 4.79 Å². The van der Waals surface area contributed by atoms with E-state index in [9.17, 15) is 4.79 Å². The van der Waals surface area contributed by atoms with Gasteiger partial charge in [0.25, 0.3) is 0 Å². The monoisotopic (exact) mass is 297 g/mol. The molecule has 0 atom stereocenters. The number of nitrogens with one attached hydrogen (secondary N) is 1. The van der Waals surface area contributed by atoms with E-state index in [1.54, 1.807) is 0 Å². The fraction of sp³-hybridized carbons (Fsp3) is 0.917. The average molecular weight is 298 g/mol. The van der Waals surface area contributed by atoms with Gasteiger partial charge in [-0.25, -0.2) is 0 Å². The Labute approximate surface area is 122 Å². The quantitative estimate of drug-likeness (QED) is 0.823. The van der Waals surface area contributed by atoms with Gasteiger partial charge in [0.15, 0.2) is 0 Å². The summed E-state index contributed by atoms with van der Waals surface area (Å²) >= 11 is 0. The van der Waals surface area contributed by atoms with E-state index in [0.29, 0.717) is 0 Å². The molecule has 1 aliphatic heterocycles. The summed E-state index contributed by atoms with van der Waals surface area (Å²) in [5.41, 5.74) is 5.51. The standard InChI is InChI=1S/C12H23N3O.2ClH/c13-12(5-1-2-6-12)11(16)14-7-10-15-8-3-4-9-15;;/h1-10,13H2,(H,14,16);2*1H. The van der Waals surface area contributed by atoms with Gasteiger partial charge in [0.2, 0.25) is 5.91 Å². The Morgan fingerprint density at radius 2 is 1.67 bits per heavy atom.